The Kier molecular flexibility index (Phi) is 4.20. The molecule has 5 heteroatoms. The first-order chi connectivity index (χ1) is 11.0. The van der Waals surface area contributed by atoms with Crippen molar-refractivity contribution in [3.8, 4) is 0 Å². The molecule has 0 spiro atoms. The minimum absolute atomic E-state index is 0.0511. The molecule has 0 fully saturated rings. The molecule has 2 aromatic rings. The van der Waals surface area contributed by atoms with E-state index in [2.05, 4.69) is 24.0 Å². The lowest BCUT2D eigenvalue weighted by Gasteiger charge is -2.29. The molecular weight excluding hydrogens is 290 g/mol. The highest BCUT2D eigenvalue weighted by atomic mass is 16.5. The van der Waals surface area contributed by atoms with E-state index in [1.54, 1.807) is 0 Å². The quantitative estimate of drug-likeness (QED) is 0.839. The van der Waals surface area contributed by atoms with E-state index in [4.69, 9.17) is 4.52 Å². The molecule has 1 amide bonds. The first-order valence-corrected chi connectivity index (χ1v) is 8.25. The SMILES string of the molecule is CC[C@@H](C)[C@H](c1nc(C(C)C)no1)N1Cc2ccccc2C1=O. The molecule has 5 nitrogen and oxygen atoms in total. The Balaban J connectivity index is 1.96. The van der Waals surface area contributed by atoms with Crippen molar-refractivity contribution in [3.05, 3.63) is 47.1 Å². The van der Waals surface area contributed by atoms with Crippen molar-refractivity contribution >= 4 is 5.91 Å². The van der Waals surface area contributed by atoms with Crippen LogP contribution >= 0.6 is 0 Å². The van der Waals surface area contributed by atoms with E-state index in [1.165, 1.54) is 0 Å². The summed E-state index contributed by atoms with van der Waals surface area (Å²) in [4.78, 5) is 19.2. The van der Waals surface area contributed by atoms with Crippen molar-refractivity contribution in [2.75, 3.05) is 0 Å². The van der Waals surface area contributed by atoms with Gasteiger partial charge in [-0.1, -0.05) is 57.5 Å². The summed E-state index contributed by atoms with van der Waals surface area (Å²) in [7, 11) is 0. The predicted molar refractivity (Wildman–Crippen MR) is 86.9 cm³/mol. The predicted octanol–water partition coefficient (Wildman–Crippen LogP) is 3.94. The topological polar surface area (TPSA) is 59.2 Å². The summed E-state index contributed by atoms with van der Waals surface area (Å²) in [5.74, 6) is 1.74. The fraction of sp³-hybridized carbons (Fsp3) is 0.500. The van der Waals surface area contributed by atoms with Crippen LogP contribution in [-0.4, -0.2) is 20.9 Å². The van der Waals surface area contributed by atoms with Gasteiger partial charge < -0.3 is 9.42 Å². The smallest absolute Gasteiger partial charge is 0.255 e. The Morgan fingerprint density at radius 3 is 2.61 bits per heavy atom. The van der Waals surface area contributed by atoms with Crippen LogP contribution in [-0.2, 0) is 6.54 Å². The maximum Gasteiger partial charge on any atom is 0.255 e. The van der Waals surface area contributed by atoms with E-state index < -0.39 is 0 Å². The van der Waals surface area contributed by atoms with E-state index in [9.17, 15) is 4.79 Å². The molecular formula is C18H23N3O2. The van der Waals surface area contributed by atoms with E-state index in [-0.39, 0.29) is 23.8 Å². The van der Waals surface area contributed by atoms with Crippen LogP contribution in [0.15, 0.2) is 28.8 Å². The number of nitrogens with zero attached hydrogens (tertiary/aromatic N) is 3. The summed E-state index contributed by atoms with van der Waals surface area (Å²) in [5.41, 5.74) is 1.85. The number of fused-ring (bicyclic) bond motifs is 1. The Morgan fingerprint density at radius 2 is 2.00 bits per heavy atom. The molecule has 2 atom stereocenters. The van der Waals surface area contributed by atoms with Gasteiger partial charge in [0, 0.05) is 18.0 Å². The van der Waals surface area contributed by atoms with Gasteiger partial charge in [0.1, 0.15) is 6.04 Å². The number of aromatic nitrogens is 2. The molecule has 1 aromatic heterocycles. The van der Waals surface area contributed by atoms with Crippen molar-refractivity contribution in [3.63, 3.8) is 0 Å². The molecule has 0 saturated heterocycles. The molecule has 0 radical (unpaired) electrons. The van der Waals surface area contributed by atoms with Crippen LogP contribution in [0.5, 0.6) is 0 Å². The maximum atomic E-state index is 12.8. The fourth-order valence-corrected chi connectivity index (χ4v) is 3.01. The minimum atomic E-state index is -0.181. The molecule has 23 heavy (non-hydrogen) atoms. The van der Waals surface area contributed by atoms with Gasteiger partial charge in [0.25, 0.3) is 5.91 Å². The number of carbonyl (C=O) groups excluding carboxylic acids is 1. The zero-order chi connectivity index (χ0) is 16.6. The van der Waals surface area contributed by atoms with Gasteiger partial charge >= 0.3 is 0 Å². The van der Waals surface area contributed by atoms with Crippen LogP contribution in [0, 0.1) is 5.92 Å². The molecule has 0 saturated carbocycles. The molecule has 1 aliphatic heterocycles. The summed E-state index contributed by atoms with van der Waals surface area (Å²) in [6.45, 7) is 8.90. The molecule has 1 aliphatic rings. The lowest BCUT2D eigenvalue weighted by atomic mass is 9.97. The Bertz CT molecular complexity index is 708. The molecule has 0 bridgehead atoms. The van der Waals surface area contributed by atoms with Crippen molar-refractivity contribution in [2.45, 2.75) is 52.6 Å². The van der Waals surface area contributed by atoms with Gasteiger partial charge in [0.05, 0.1) is 0 Å². The Labute approximate surface area is 136 Å². The van der Waals surface area contributed by atoms with E-state index in [0.717, 1.165) is 17.5 Å². The first kappa shape index (κ1) is 15.7. The summed E-state index contributed by atoms with van der Waals surface area (Å²) in [5, 5.41) is 4.07. The standard InChI is InChI=1S/C18H23N3O2/c1-5-12(4)15(17-19-16(11(2)3)20-23-17)21-10-13-8-6-7-9-14(13)18(21)22/h6-9,11-12,15H,5,10H2,1-4H3/t12-,15-/m1/s1. The van der Waals surface area contributed by atoms with E-state index >= 15 is 0 Å². The van der Waals surface area contributed by atoms with Gasteiger partial charge in [-0.05, 0) is 17.5 Å². The van der Waals surface area contributed by atoms with Gasteiger partial charge in [-0.2, -0.15) is 4.98 Å². The number of hydrogen-bond acceptors (Lipinski definition) is 4. The summed E-state index contributed by atoms with van der Waals surface area (Å²) in [6, 6.07) is 7.59. The number of hydrogen-bond donors (Lipinski definition) is 0. The normalized spacial score (nSPS) is 16.7. The largest absolute Gasteiger partial charge is 0.337 e. The molecule has 2 heterocycles. The van der Waals surface area contributed by atoms with Crippen LogP contribution in [0.25, 0.3) is 0 Å². The molecule has 0 unspecified atom stereocenters. The van der Waals surface area contributed by atoms with Crippen molar-refractivity contribution < 1.29 is 9.32 Å². The zero-order valence-electron chi connectivity index (χ0n) is 14.1. The summed E-state index contributed by atoms with van der Waals surface area (Å²) in [6.07, 6.45) is 0.935. The van der Waals surface area contributed by atoms with E-state index in [1.807, 2.05) is 43.0 Å². The lowest BCUT2D eigenvalue weighted by molar-refractivity contribution is 0.0578. The molecule has 0 N–H and O–H groups in total. The van der Waals surface area contributed by atoms with Crippen LogP contribution in [0.2, 0.25) is 0 Å². The number of amides is 1. The zero-order valence-corrected chi connectivity index (χ0v) is 14.1. The van der Waals surface area contributed by atoms with Crippen LogP contribution < -0.4 is 0 Å². The number of rotatable bonds is 5. The molecule has 3 rings (SSSR count). The Hall–Kier alpha value is -2.17. The van der Waals surface area contributed by atoms with Gasteiger partial charge in [-0.25, -0.2) is 0 Å². The average molecular weight is 313 g/mol. The van der Waals surface area contributed by atoms with Crippen molar-refractivity contribution in [2.24, 2.45) is 5.92 Å². The van der Waals surface area contributed by atoms with Crippen molar-refractivity contribution in [1.82, 2.24) is 15.0 Å². The fourth-order valence-electron chi connectivity index (χ4n) is 3.01. The summed E-state index contributed by atoms with van der Waals surface area (Å²) < 4.78 is 5.52. The van der Waals surface area contributed by atoms with E-state index in [0.29, 0.717) is 18.3 Å². The van der Waals surface area contributed by atoms with Crippen LogP contribution in [0.4, 0.5) is 0 Å². The van der Waals surface area contributed by atoms with Gasteiger partial charge in [-0.3, -0.25) is 4.79 Å². The monoisotopic (exact) mass is 313 g/mol. The third-order valence-corrected chi connectivity index (χ3v) is 4.59. The molecule has 1 aromatic carbocycles. The van der Waals surface area contributed by atoms with Crippen molar-refractivity contribution in [1.29, 1.82) is 0 Å². The van der Waals surface area contributed by atoms with Crippen LogP contribution in [0.3, 0.4) is 0 Å². The first-order valence-electron chi connectivity index (χ1n) is 8.25. The highest BCUT2D eigenvalue weighted by molar-refractivity contribution is 5.98. The van der Waals surface area contributed by atoms with Gasteiger partial charge in [-0.15, -0.1) is 0 Å². The van der Waals surface area contributed by atoms with Gasteiger partial charge in [0.2, 0.25) is 5.89 Å². The number of carbonyl (C=O) groups is 1. The molecule has 122 valence electrons. The maximum absolute atomic E-state index is 12.8. The lowest BCUT2D eigenvalue weighted by Crippen LogP contribution is -2.33. The third kappa shape index (κ3) is 2.76. The Morgan fingerprint density at radius 1 is 1.26 bits per heavy atom. The summed E-state index contributed by atoms with van der Waals surface area (Å²) >= 11 is 0. The number of benzene rings is 1. The second-order valence-electron chi connectivity index (χ2n) is 6.57. The molecule has 0 aliphatic carbocycles. The highest BCUT2D eigenvalue weighted by Crippen LogP contribution is 2.36. The second-order valence-corrected chi connectivity index (χ2v) is 6.57. The third-order valence-electron chi connectivity index (χ3n) is 4.59. The minimum Gasteiger partial charge on any atom is -0.337 e. The van der Waals surface area contributed by atoms with Gasteiger partial charge in [0.15, 0.2) is 5.82 Å². The second kappa shape index (κ2) is 6.14. The van der Waals surface area contributed by atoms with Crippen LogP contribution in [0.1, 0.15) is 73.7 Å². The average Bonchev–Trinajstić information content (AvgIpc) is 3.14. The highest BCUT2D eigenvalue weighted by Gasteiger charge is 2.38.